The number of halogens is 1. The molecule has 2 aromatic heterocycles. The average molecular weight is 525 g/mol. The molecule has 7 nitrogen and oxygen atoms in total. The van der Waals surface area contributed by atoms with E-state index in [1.807, 2.05) is 36.0 Å². The van der Waals surface area contributed by atoms with Crippen molar-refractivity contribution in [3.8, 4) is 0 Å². The molecule has 1 N–H and O–H groups in total. The molecule has 0 bridgehead atoms. The van der Waals surface area contributed by atoms with E-state index in [0.717, 1.165) is 43.4 Å². The summed E-state index contributed by atoms with van der Waals surface area (Å²) in [6, 6.07) is 8.54. The fraction of sp³-hybridized carbons (Fsp3) is 0.500. The topological polar surface area (TPSA) is 86.0 Å². The first-order chi connectivity index (χ1) is 18.0. The van der Waals surface area contributed by atoms with Gasteiger partial charge in [0, 0.05) is 23.7 Å². The molecule has 196 valence electrons. The highest BCUT2D eigenvalue weighted by molar-refractivity contribution is 7.99. The molecule has 0 radical (unpaired) electrons. The second kappa shape index (κ2) is 11.2. The number of hydrogen-bond donors (Lipinski definition) is 1. The molecule has 0 spiro atoms. The lowest BCUT2D eigenvalue weighted by Crippen LogP contribution is -2.46. The van der Waals surface area contributed by atoms with E-state index in [1.165, 1.54) is 16.2 Å². The Morgan fingerprint density at radius 1 is 1.03 bits per heavy atom. The van der Waals surface area contributed by atoms with Crippen molar-refractivity contribution in [2.75, 3.05) is 11.5 Å². The highest BCUT2D eigenvalue weighted by atomic mass is 32.2. The van der Waals surface area contributed by atoms with E-state index in [4.69, 9.17) is 0 Å². The van der Waals surface area contributed by atoms with Crippen LogP contribution < -0.4 is 16.6 Å². The van der Waals surface area contributed by atoms with Crippen LogP contribution in [-0.2, 0) is 6.42 Å². The van der Waals surface area contributed by atoms with Crippen molar-refractivity contribution in [3.05, 3.63) is 74.3 Å². The smallest absolute Gasteiger partial charge is 0.333 e. The van der Waals surface area contributed by atoms with Gasteiger partial charge in [-0.3, -0.25) is 18.7 Å². The predicted octanol–water partition coefficient (Wildman–Crippen LogP) is 4.63. The fourth-order valence-electron chi connectivity index (χ4n) is 5.66. The third kappa shape index (κ3) is 5.37. The Balaban J connectivity index is 1.36. The number of thioether (sulfide) groups is 1. The first-order valence-corrected chi connectivity index (χ1v) is 14.4. The number of aryl methyl sites for hydroxylation is 1. The number of fused-ring (bicyclic) bond motifs is 1. The Hall–Kier alpha value is -2.94. The minimum Gasteiger partial charge on any atom is -0.349 e. The predicted molar refractivity (Wildman–Crippen MR) is 145 cm³/mol. The molecule has 37 heavy (non-hydrogen) atoms. The lowest BCUT2D eigenvalue weighted by molar-refractivity contribution is 0.0922. The quantitative estimate of drug-likeness (QED) is 0.508. The molecular formula is C28H33FN4O3S. The number of carbonyl (C=O) groups excluding carboxylic acids is 1. The molecule has 3 heterocycles. The molecule has 9 heteroatoms. The van der Waals surface area contributed by atoms with Crippen molar-refractivity contribution >= 4 is 28.7 Å². The maximum Gasteiger partial charge on any atom is 0.333 e. The van der Waals surface area contributed by atoms with Crippen molar-refractivity contribution in [2.45, 2.75) is 76.4 Å². The van der Waals surface area contributed by atoms with Crippen molar-refractivity contribution in [2.24, 2.45) is 0 Å². The summed E-state index contributed by atoms with van der Waals surface area (Å²) < 4.78 is 17.1. The van der Waals surface area contributed by atoms with E-state index in [-0.39, 0.29) is 40.8 Å². The van der Waals surface area contributed by atoms with E-state index in [1.54, 1.807) is 4.57 Å². The van der Waals surface area contributed by atoms with Crippen LogP contribution in [-0.4, -0.2) is 37.6 Å². The van der Waals surface area contributed by atoms with E-state index < -0.39 is 11.4 Å². The van der Waals surface area contributed by atoms with Crippen molar-refractivity contribution in [1.29, 1.82) is 0 Å². The van der Waals surface area contributed by atoms with E-state index in [2.05, 4.69) is 17.2 Å². The molecule has 2 fully saturated rings. The molecule has 3 aromatic rings. The number of benzene rings is 1. The number of aromatic nitrogens is 3. The summed E-state index contributed by atoms with van der Waals surface area (Å²) in [5.41, 5.74) is 1.29. The van der Waals surface area contributed by atoms with Crippen LogP contribution in [0, 0.1) is 5.82 Å². The zero-order valence-corrected chi connectivity index (χ0v) is 21.9. The van der Waals surface area contributed by atoms with Gasteiger partial charge in [0.05, 0.1) is 11.6 Å². The van der Waals surface area contributed by atoms with Gasteiger partial charge < -0.3 is 5.32 Å². The van der Waals surface area contributed by atoms with Gasteiger partial charge >= 0.3 is 5.69 Å². The molecular weight excluding hydrogens is 491 g/mol. The molecule has 1 saturated heterocycles. The van der Waals surface area contributed by atoms with Crippen LogP contribution in [0.4, 0.5) is 4.39 Å². The van der Waals surface area contributed by atoms with Gasteiger partial charge in [0.15, 0.2) is 0 Å². The Morgan fingerprint density at radius 2 is 1.70 bits per heavy atom. The first-order valence-electron chi connectivity index (χ1n) is 13.3. The van der Waals surface area contributed by atoms with Crippen LogP contribution in [0.25, 0.3) is 11.0 Å². The minimum absolute atomic E-state index is 0.0214. The van der Waals surface area contributed by atoms with Gasteiger partial charge in [0.1, 0.15) is 11.5 Å². The lowest BCUT2D eigenvalue weighted by Gasteiger charge is -2.31. The molecule has 1 aliphatic heterocycles. The second-order valence-corrected chi connectivity index (χ2v) is 11.3. The number of hydrogen-bond acceptors (Lipinski definition) is 5. The van der Waals surface area contributed by atoms with Gasteiger partial charge in [-0.25, -0.2) is 14.2 Å². The summed E-state index contributed by atoms with van der Waals surface area (Å²) in [5.74, 6) is 1.18. The third-order valence-corrected chi connectivity index (χ3v) is 8.68. The van der Waals surface area contributed by atoms with Gasteiger partial charge in [-0.15, -0.1) is 0 Å². The van der Waals surface area contributed by atoms with Gasteiger partial charge in [0.25, 0.3) is 11.5 Å². The summed E-state index contributed by atoms with van der Waals surface area (Å²) in [6.45, 7) is 2.13. The SMILES string of the molecule is CCCc1ccc(C(=O)NC2CCC(n3c(=O)c4cc(F)cnc4n(C4CCSCC4)c3=O)CC2)cc1. The zero-order chi connectivity index (χ0) is 25.9. The number of nitrogens with one attached hydrogen (secondary N) is 1. The van der Waals surface area contributed by atoms with Crippen molar-refractivity contribution in [3.63, 3.8) is 0 Å². The van der Waals surface area contributed by atoms with E-state index in [0.29, 0.717) is 31.2 Å². The van der Waals surface area contributed by atoms with Crippen molar-refractivity contribution < 1.29 is 9.18 Å². The monoisotopic (exact) mass is 524 g/mol. The largest absolute Gasteiger partial charge is 0.349 e. The number of rotatable bonds is 6. The normalized spacial score (nSPS) is 20.7. The third-order valence-electron chi connectivity index (χ3n) is 7.63. The second-order valence-electron chi connectivity index (χ2n) is 10.1. The van der Waals surface area contributed by atoms with Crippen LogP contribution in [0.3, 0.4) is 0 Å². The maximum atomic E-state index is 14.1. The highest BCUT2D eigenvalue weighted by Gasteiger charge is 2.29. The minimum atomic E-state index is -0.588. The summed E-state index contributed by atoms with van der Waals surface area (Å²) in [6.07, 6.45) is 7.25. The number of nitrogens with zero attached hydrogens (tertiary/aromatic N) is 3. The molecule has 1 saturated carbocycles. The van der Waals surface area contributed by atoms with E-state index >= 15 is 0 Å². The highest BCUT2D eigenvalue weighted by Crippen LogP contribution is 2.30. The summed E-state index contributed by atoms with van der Waals surface area (Å²) in [7, 11) is 0. The van der Waals surface area contributed by atoms with Gasteiger partial charge in [0.2, 0.25) is 0 Å². The molecule has 5 rings (SSSR count). The Labute approximate surface area is 219 Å². The van der Waals surface area contributed by atoms with Crippen LogP contribution in [0.15, 0.2) is 46.1 Å². The van der Waals surface area contributed by atoms with Gasteiger partial charge in [-0.05, 0) is 80.2 Å². The van der Waals surface area contributed by atoms with E-state index in [9.17, 15) is 18.8 Å². The number of carbonyl (C=O) groups is 1. The maximum absolute atomic E-state index is 14.1. The summed E-state index contributed by atoms with van der Waals surface area (Å²) in [5, 5.41) is 3.27. The Kier molecular flexibility index (Phi) is 7.79. The number of pyridine rings is 1. The molecule has 0 atom stereocenters. The number of amides is 1. The molecule has 1 aromatic carbocycles. The fourth-order valence-corrected chi connectivity index (χ4v) is 6.74. The van der Waals surface area contributed by atoms with Crippen molar-refractivity contribution in [1.82, 2.24) is 19.4 Å². The van der Waals surface area contributed by atoms with Crippen LogP contribution in [0.5, 0.6) is 0 Å². The Morgan fingerprint density at radius 3 is 2.38 bits per heavy atom. The molecule has 2 aliphatic rings. The molecule has 1 aliphatic carbocycles. The van der Waals surface area contributed by atoms with Crippen LogP contribution in [0.2, 0.25) is 0 Å². The molecule has 1 amide bonds. The first kappa shape index (κ1) is 25.7. The van der Waals surface area contributed by atoms with Crippen LogP contribution in [0.1, 0.15) is 79.9 Å². The standard InChI is InChI=1S/C28H33FN4O3S/c1-2-3-18-4-6-19(7-5-18)26(34)31-21-8-10-22(11-9-21)33-27(35)24-16-20(29)17-30-25(24)32(28(33)36)23-12-14-37-15-13-23/h4-7,16-17,21-23H,2-3,8-15H2,1H3,(H,31,34). The average Bonchev–Trinajstić information content (AvgIpc) is 2.91. The zero-order valence-electron chi connectivity index (χ0n) is 21.1. The summed E-state index contributed by atoms with van der Waals surface area (Å²) in [4.78, 5) is 44.1. The summed E-state index contributed by atoms with van der Waals surface area (Å²) >= 11 is 1.85. The van der Waals surface area contributed by atoms with Gasteiger partial charge in [-0.1, -0.05) is 25.5 Å². The lowest BCUT2D eigenvalue weighted by atomic mass is 9.90. The molecule has 0 unspecified atom stereocenters. The van der Waals surface area contributed by atoms with Crippen LogP contribution >= 0.6 is 11.8 Å². The van der Waals surface area contributed by atoms with Gasteiger partial charge in [-0.2, -0.15) is 11.8 Å². The Bertz CT molecular complexity index is 1390.